The molecule has 1 aliphatic carbocycles. The van der Waals surface area contributed by atoms with Gasteiger partial charge in [0.15, 0.2) is 11.9 Å². The number of hydrogen-bond donors (Lipinski definition) is 2. The van der Waals surface area contributed by atoms with E-state index in [9.17, 15) is 18.8 Å². The Labute approximate surface area is 182 Å². The van der Waals surface area contributed by atoms with Gasteiger partial charge in [0.2, 0.25) is 5.91 Å². The van der Waals surface area contributed by atoms with Crippen molar-refractivity contribution in [1.82, 2.24) is 19.9 Å². The molecule has 0 unspecified atom stereocenters. The van der Waals surface area contributed by atoms with Gasteiger partial charge in [0.1, 0.15) is 17.5 Å². The molecule has 3 aromatic heterocycles. The van der Waals surface area contributed by atoms with Gasteiger partial charge in [-0.1, -0.05) is 0 Å². The fraction of sp³-hybridized carbons (Fsp3) is 0.364. The molecule has 4 heterocycles. The predicted octanol–water partition coefficient (Wildman–Crippen LogP) is 2.99. The van der Waals surface area contributed by atoms with E-state index in [1.54, 1.807) is 28.9 Å². The highest BCUT2D eigenvalue weighted by molar-refractivity contribution is 5.93. The molecule has 1 amide bonds. The SMILES string of the molecule is N#Cc1cc(-c2ccn3nc(NC(=O)C4CC4)cc3c2)c(O[C@@H]2CCNCC2(F)F)cn1. The van der Waals surface area contributed by atoms with Crippen LogP contribution in [0, 0.1) is 17.2 Å². The summed E-state index contributed by atoms with van der Waals surface area (Å²) in [5, 5.41) is 19.1. The van der Waals surface area contributed by atoms with Crippen molar-refractivity contribution in [1.29, 1.82) is 5.26 Å². The lowest BCUT2D eigenvalue weighted by Gasteiger charge is -2.32. The van der Waals surface area contributed by atoms with Crippen molar-refractivity contribution in [2.45, 2.75) is 31.3 Å². The smallest absolute Gasteiger partial charge is 0.296 e. The lowest BCUT2D eigenvalue weighted by atomic mass is 10.0. The van der Waals surface area contributed by atoms with Crippen LogP contribution in [0.4, 0.5) is 14.6 Å². The number of alkyl halides is 2. The van der Waals surface area contributed by atoms with E-state index >= 15 is 0 Å². The molecular formula is C22H20F2N6O2. The Kier molecular flexibility index (Phi) is 4.98. The van der Waals surface area contributed by atoms with Crippen molar-refractivity contribution in [3.8, 4) is 22.9 Å². The number of carbonyl (C=O) groups excluding carboxylic acids is 1. The standard InChI is InChI=1S/C22H20F2N6O2/c23-22(24)12-26-5-3-19(22)32-18-11-27-15(10-25)8-17(18)14-4-6-30-16(7-14)9-20(29-30)28-21(31)13-1-2-13/h4,6-9,11,13,19,26H,1-3,5,12H2,(H,28,29,31)/t19-/m1/s1. The summed E-state index contributed by atoms with van der Waals surface area (Å²) < 4.78 is 35.9. The molecule has 8 nitrogen and oxygen atoms in total. The van der Waals surface area contributed by atoms with Gasteiger partial charge >= 0.3 is 0 Å². The Morgan fingerprint density at radius 3 is 2.91 bits per heavy atom. The third kappa shape index (κ3) is 3.99. The maximum absolute atomic E-state index is 14.3. The molecule has 3 aromatic rings. The van der Waals surface area contributed by atoms with Crippen LogP contribution in [0.25, 0.3) is 16.6 Å². The van der Waals surface area contributed by atoms with Crippen molar-refractivity contribution in [3.05, 3.63) is 42.4 Å². The topological polar surface area (TPSA) is 104 Å². The van der Waals surface area contributed by atoms with E-state index in [0.29, 0.717) is 29.0 Å². The molecule has 32 heavy (non-hydrogen) atoms. The van der Waals surface area contributed by atoms with Crippen molar-refractivity contribution in [2.24, 2.45) is 5.92 Å². The molecule has 0 radical (unpaired) electrons. The van der Waals surface area contributed by atoms with Crippen LogP contribution in [0.3, 0.4) is 0 Å². The van der Waals surface area contributed by atoms with E-state index in [4.69, 9.17) is 4.74 Å². The number of rotatable bonds is 5. The number of piperidine rings is 1. The van der Waals surface area contributed by atoms with Crippen molar-refractivity contribution < 1.29 is 18.3 Å². The molecule has 2 aliphatic rings. The van der Waals surface area contributed by atoms with Gasteiger partial charge in [-0.15, -0.1) is 0 Å². The Bertz CT molecular complexity index is 1230. The molecular weight excluding hydrogens is 418 g/mol. The third-order valence-electron chi connectivity index (χ3n) is 5.64. The molecule has 164 valence electrons. The molecule has 2 N–H and O–H groups in total. The first kappa shape index (κ1) is 20.3. The van der Waals surface area contributed by atoms with Crippen LogP contribution in [-0.2, 0) is 4.79 Å². The number of carbonyl (C=O) groups is 1. The minimum atomic E-state index is -3.02. The first-order valence-electron chi connectivity index (χ1n) is 10.4. The van der Waals surface area contributed by atoms with E-state index in [0.717, 1.165) is 12.8 Å². The zero-order valence-corrected chi connectivity index (χ0v) is 17.0. The summed E-state index contributed by atoms with van der Waals surface area (Å²) in [5.74, 6) is -2.38. The molecule has 0 bridgehead atoms. The van der Waals surface area contributed by atoms with Crippen LogP contribution in [0.1, 0.15) is 25.0 Å². The minimum absolute atomic E-state index is 0.0417. The molecule has 1 saturated heterocycles. The normalized spacial score (nSPS) is 20.0. The first-order valence-corrected chi connectivity index (χ1v) is 10.4. The number of halogens is 2. The molecule has 1 aliphatic heterocycles. The molecule has 0 spiro atoms. The summed E-state index contributed by atoms with van der Waals surface area (Å²) in [5.41, 5.74) is 1.99. The van der Waals surface area contributed by atoms with Crippen LogP contribution < -0.4 is 15.4 Å². The molecule has 1 saturated carbocycles. The Morgan fingerprint density at radius 2 is 2.16 bits per heavy atom. The average molecular weight is 438 g/mol. The van der Waals surface area contributed by atoms with Crippen LogP contribution in [-0.4, -0.2) is 45.6 Å². The number of nitrogens with zero attached hydrogens (tertiary/aromatic N) is 4. The number of amides is 1. The number of fused-ring (bicyclic) bond motifs is 1. The summed E-state index contributed by atoms with van der Waals surface area (Å²) in [7, 11) is 0. The fourth-order valence-electron chi connectivity index (χ4n) is 3.73. The number of hydrogen-bond acceptors (Lipinski definition) is 6. The Morgan fingerprint density at radius 1 is 1.31 bits per heavy atom. The van der Waals surface area contributed by atoms with Gasteiger partial charge in [0.25, 0.3) is 5.92 Å². The van der Waals surface area contributed by atoms with Crippen molar-refractivity contribution in [2.75, 3.05) is 18.4 Å². The molecule has 10 heteroatoms. The predicted molar refractivity (Wildman–Crippen MR) is 111 cm³/mol. The fourth-order valence-corrected chi connectivity index (χ4v) is 3.73. The van der Waals surface area contributed by atoms with Crippen LogP contribution in [0.2, 0.25) is 0 Å². The van der Waals surface area contributed by atoms with Crippen molar-refractivity contribution in [3.63, 3.8) is 0 Å². The van der Waals surface area contributed by atoms with Gasteiger partial charge in [-0.3, -0.25) is 4.79 Å². The highest BCUT2D eigenvalue weighted by atomic mass is 19.3. The van der Waals surface area contributed by atoms with Gasteiger partial charge < -0.3 is 15.4 Å². The zero-order valence-electron chi connectivity index (χ0n) is 17.0. The van der Waals surface area contributed by atoms with Gasteiger partial charge in [-0.25, -0.2) is 18.3 Å². The Hall–Kier alpha value is -3.58. The number of nitrogens with one attached hydrogen (secondary N) is 2. The monoisotopic (exact) mass is 438 g/mol. The highest BCUT2D eigenvalue weighted by Crippen LogP contribution is 2.35. The highest BCUT2D eigenvalue weighted by Gasteiger charge is 2.43. The minimum Gasteiger partial charge on any atom is -0.482 e. The summed E-state index contributed by atoms with van der Waals surface area (Å²) >= 11 is 0. The summed E-state index contributed by atoms with van der Waals surface area (Å²) in [6.45, 7) is -0.0235. The van der Waals surface area contributed by atoms with Gasteiger partial charge in [-0.05, 0) is 43.1 Å². The summed E-state index contributed by atoms with van der Waals surface area (Å²) in [4.78, 5) is 16.0. The van der Waals surface area contributed by atoms with Gasteiger partial charge in [0.05, 0.1) is 18.3 Å². The number of pyridine rings is 2. The first-order chi connectivity index (χ1) is 15.4. The van der Waals surface area contributed by atoms with Gasteiger partial charge in [-0.2, -0.15) is 10.4 Å². The van der Waals surface area contributed by atoms with E-state index in [1.165, 1.54) is 12.3 Å². The van der Waals surface area contributed by atoms with Gasteiger partial charge in [0, 0.05) is 30.2 Å². The molecule has 2 fully saturated rings. The second kappa shape index (κ2) is 7.84. The van der Waals surface area contributed by atoms with E-state index in [-0.39, 0.29) is 29.7 Å². The van der Waals surface area contributed by atoms with Crippen molar-refractivity contribution >= 4 is 17.2 Å². The zero-order chi connectivity index (χ0) is 22.3. The average Bonchev–Trinajstić information content (AvgIpc) is 3.55. The summed E-state index contributed by atoms with van der Waals surface area (Å²) in [6.07, 6.45) is 3.66. The lowest BCUT2D eigenvalue weighted by Crippen LogP contribution is -2.52. The molecule has 5 rings (SSSR count). The van der Waals surface area contributed by atoms with Crippen LogP contribution in [0.15, 0.2) is 36.7 Å². The second-order valence-corrected chi connectivity index (χ2v) is 8.09. The number of anilines is 1. The maximum Gasteiger partial charge on any atom is 0.296 e. The number of nitriles is 1. The second-order valence-electron chi connectivity index (χ2n) is 8.09. The Balaban J connectivity index is 1.48. The van der Waals surface area contributed by atoms with E-state index in [1.807, 2.05) is 6.07 Å². The third-order valence-corrected chi connectivity index (χ3v) is 5.64. The summed E-state index contributed by atoms with van der Waals surface area (Å²) in [6, 6.07) is 8.77. The quantitative estimate of drug-likeness (QED) is 0.635. The largest absolute Gasteiger partial charge is 0.482 e. The number of aromatic nitrogens is 3. The molecule has 1 atom stereocenters. The van der Waals surface area contributed by atoms with E-state index in [2.05, 4.69) is 20.7 Å². The lowest BCUT2D eigenvalue weighted by molar-refractivity contribution is -0.117. The van der Waals surface area contributed by atoms with E-state index < -0.39 is 18.6 Å². The van der Waals surface area contributed by atoms with Crippen LogP contribution in [0.5, 0.6) is 5.75 Å². The number of ether oxygens (including phenoxy) is 1. The maximum atomic E-state index is 14.3. The van der Waals surface area contributed by atoms with Crippen LogP contribution >= 0.6 is 0 Å². The molecule has 0 aromatic carbocycles.